The first-order chi connectivity index (χ1) is 10.1. The summed E-state index contributed by atoms with van der Waals surface area (Å²) in [5.41, 5.74) is 0.769. The first kappa shape index (κ1) is 16.4. The monoisotopic (exact) mass is 296 g/mol. The van der Waals surface area contributed by atoms with Gasteiger partial charge in [-0.2, -0.15) is 0 Å². The molecule has 5 heteroatoms. The van der Waals surface area contributed by atoms with Crippen molar-refractivity contribution in [2.45, 2.75) is 19.1 Å². The average Bonchev–Trinajstić information content (AvgIpc) is 2.47. The molecular formula is C16H25FN2O2. The number of piperazine rings is 1. The smallest absolute Gasteiger partial charge is 0.123 e. The minimum atomic E-state index is -0.566. The minimum Gasteiger partial charge on any atom is -0.387 e. The van der Waals surface area contributed by atoms with E-state index in [0.717, 1.165) is 38.3 Å². The van der Waals surface area contributed by atoms with Crippen molar-refractivity contribution in [3.05, 3.63) is 35.6 Å². The number of ether oxygens (including phenoxy) is 1. The van der Waals surface area contributed by atoms with E-state index in [2.05, 4.69) is 16.7 Å². The van der Waals surface area contributed by atoms with Crippen LogP contribution in [0.1, 0.15) is 18.6 Å². The number of aliphatic hydroxyl groups excluding tert-OH is 1. The van der Waals surface area contributed by atoms with Crippen molar-refractivity contribution < 1.29 is 14.2 Å². The van der Waals surface area contributed by atoms with Gasteiger partial charge in [0.05, 0.1) is 12.7 Å². The van der Waals surface area contributed by atoms with Crippen LogP contribution in [-0.4, -0.2) is 67.4 Å². The van der Waals surface area contributed by atoms with Crippen molar-refractivity contribution in [3.8, 4) is 0 Å². The highest BCUT2D eigenvalue weighted by Crippen LogP contribution is 2.17. The summed E-state index contributed by atoms with van der Waals surface area (Å²) in [5, 5.41) is 10.3. The molecule has 0 unspecified atom stereocenters. The molecule has 1 aromatic carbocycles. The number of halogens is 1. The highest BCUT2D eigenvalue weighted by molar-refractivity contribution is 5.18. The van der Waals surface area contributed by atoms with Crippen molar-refractivity contribution in [1.82, 2.24) is 9.80 Å². The zero-order valence-corrected chi connectivity index (χ0v) is 12.8. The lowest BCUT2D eigenvalue weighted by molar-refractivity contribution is 0.0330. The number of nitrogens with zero attached hydrogens (tertiary/aromatic N) is 2. The number of β-amino-alcohol motifs (C(OH)–C–C–N with tert-alkyl or cyclic N) is 1. The second kappa shape index (κ2) is 7.84. The van der Waals surface area contributed by atoms with Gasteiger partial charge < -0.3 is 9.84 Å². The maximum atomic E-state index is 12.9. The second-order valence-electron chi connectivity index (χ2n) is 5.70. The lowest BCUT2D eigenvalue weighted by atomic mass is 10.1. The van der Waals surface area contributed by atoms with E-state index >= 15 is 0 Å². The Morgan fingerprint density at radius 1 is 1.33 bits per heavy atom. The van der Waals surface area contributed by atoms with E-state index in [1.807, 2.05) is 0 Å². The minimum absolute atomic E-state index is 0.272. The summed E-state index contributed by atoms with van der Waals surface area (Å²) >= 11 is 0. The Bertz CT molecular complexity index is 427. The summed E-state index contributed by atoms with van der Waals surface area (Å²) in [6.45, 7) is 7.35. The van der Waals surface area contributed by atoms with E-state index in [0.29, 0.717) is 12.6 Å². The summed E-state index contributed by atoms with van der Waals surface area (Å²) in [6.07, 6.45) is -0.566. The number of aliphatic hydroxyl groups is 1. The predicted octanol–water partition coefficient (Wildman–Crippen LogP) is 1.51. The van der Waals surface area contributed by atoms with Gasteiger partial charge in [-0.3, -0.25) is 9.80 Å². The van der Waals surface area contributed by atoms with E-state index in [-0.39, 0.29) is 5.82 Å². The first-order valence-corrected chi connectivity index (χ1v) is 7.49. The molecule has 1 saturated heterocycles. The van der Waals surface area contributed by atoms with E-state index < -0.39 is 6.10 Å². The molecule has 0 radical (unpaired) electrons. The van der Waals surface area contributed by atoms with Gasteiger partial charge in [-0.25, -0.2) is 4.39 Å². The van der Waals surface area contributed by atoms with Crippen molar-refractivity contribution in [2.75, 3.05) is 46.4 Å². The van der Waals surface area contributed by atoms with Crippen LogP contribution in [-0.2, 0) is 4.74 Å². The van der Waals surface area contributed by atoms with Crippen molar-refractivity contribution in [2.24, 2.45) is 0 Å². The molecular weight excluding hydrogens is 271 g/mol. The van der Waals surface area contributed by atoms with Crippen molar-refractivity contribution >= 4 is 0 Å². The molecule has 1 aliphatic rings. The summed E-state index contributed by atoms with van der Waals surface area (Å²) in [6, 6.07) is 6.54. The summed E-state index contributed by atoms with van der Waals surface area (Å²) < 4.78 is 18.0. The number of benzene rings is 1. The lowest BCUT2D eigenvalue weighted by Gasteiger charge is -2.40. The molecule has 0 saturated carbocycles. The van der Waals surface area contributed by atoms with E-state index in [1.54, 1.807) is 19.2 Å². The van der Waals surface area contributed by atoms with E-state index in [1.165, 1.54) is 12.1 Å². The van der Waals surface area contributed by atoms with Crippen molar-refractivity contribution in [3.63, 3.8) is 0 Å². The maximum absolute atomic E-state index is 12.9. The Kier molecular flexibility index (Phi) is 6.11. The average molecular weight is 296 g/mol. The second-order valence-corrected chi connectivity index (χ2v) is 5.70. The van der Waals surface area contributed by atoms with Crippen molar-refractivity contribution in [1.29, 1.82) is 0 Å². The van der Waals surface area contributed by atoms with Gasteiger partial charge in [0.25, 0.3) is 0 Å². The Balaban J connectivity index is 1.83. The summed E-state index contributed by atoms with van der Waals surface area (Å²) in [4.78, 5) is 4.67. The molecule has 0 amide bonds. The van der Waals surface area contributed by atoms with Crippen LogP contribution in [0.15, 0.2) is 24.3 Å². The van der Waals surface area contributed by atoms with E-state index in [4.69, 9.17) is 4.74 Å². The Morgan fingerprint density at radius 2 is 2.05 bits per heavy atom. The summed E-state index contributed by atoms with van der Waals surface area (Å²) in [5.74, 6) is -0.272. The van der Waals surface area contributed by atoms with Gasteiger partial charge >= 0.3 is 0 Å². The number of methoxy groups -OCH3 is 1. The number of hydrogen-bond donors (Lipinski definition) is 1. The predicted molar refractivity (Wildman–Crippen MR) is 80.7 cm³/mol. The Hall–Kier alpha value is -1.01. The van der Waals surface area contributed by atoms with Crippen LogP contribution >= 0.6 is 0 Å². The standard InChI is InChI=1S/C16H25FN2O2/c1-13-11-18(7-8-19(13)9-10-21-2)12-16(20)14-3-5-15(17)6-4-14/h3-6,13,16,20H,7-12H2,1-2H3/t13-,16-/m0/s1. The molecule has 0 spiro atoms. The lowest BCUT2D eigenvalue weighted by Crippen LogP contribution is -2.53. The Morgan fingerprint density at radius 3 is 2.67 bits per heavy atom. The molecule has 1 aromatic rings. The molecule has 2 rings (SSSR count). The molecule has 0 aromatic heterocycles. The largest absolute Gasteiger partial charge is 0.387 e. The molecule has 21 heavy (non-hydrogen) atoms. The fourth-order valence-electron chi connectivity index (χ4n) is 2.81. The van der Waals surface area contributed by atoms with Crippen LogP contribution in [0.4, 0.5) is 4.39 Å². The van der Waals surface area contributed by atoms with Gasteiger partial charge in [0.2, 0.25) is 0 Å². The van der Waals surface area contributed by atoms with E-state index in [9.17, 15) is 9.50 Å². The number of rotatable bonds is 6. The fourth-order valence-corrected chi connectivity index (χ4v) is 2.81. The van der Waals surface area contributed by atoms with Gasteiger partial charge in [0.1, 0.15) is 5.82 Å². The third-order valence-corrected chi connectivity index (χ3v) is 4.12. The SMILES string of the molecule is COCCN1CCN(C[C@H](O)c2ccc(F)cc2)C[C@@H]1C. The normalized spacial score (nSPS) is 22.4. The Labute approximate surface area is 126 Å². The van der Waals surface area contributed by atoms with Crippen LogP contribution in [0.5, 0.6) is 0 Å². The van der Waals surface area contributed by atoms with Gasteiger partial charge in [-0.05, 0) is 24.6 Å². The molecule has 0 aliphatic carbocycles. The topological polar surface area (TPSA) is 35.9 Å². The van der Waals surface area contributed by atoms with Crippen LogP contribution in [0.25, 0.3) is 0 Å². The van der Waals surface area contributed by atoms with Gasteiger partial charge in [-0.15, -0.1) is 0 Å². The van der Waals surface area contributed by atoms with Crippen LogP contribution < -0.4 is 0 Å². The summed E-state index contributed by atoms with van der Waals surface area (Å²) in [7, 11) is 1.72. The zero-order valence-electron chi connectivity index (χ0n) is 12.8. The molecule has 1 N–H and O–H groups in total. The van der Waals surface area contributed by atoms with Crippen LogP contribution in [0.2, 0.25) is 0 Å². The molecule has 1 heterocycles. The first-order valence-electron chi connectivity index (χ1n) is 7.49. The molecule has 2 atom stereocenters. The molecule has 1 aliphatic heterocycles. The van der Waals surface area contributed by atoms with Crippen LogP contribution in [0.3, 0.4) is 0 Å². The molecule has 4 nitrogen and oxygen atoms in total. The zero-order chi connectivity index (χ0) is 15.2. The third-order valence-electron chi connectivity index (χ3n) is 4.12. The molecule has 118 valence electrons. The van der Waals surface area contributed by atoms with Gasteiger partial charge in [0.15, 0.2) is 0 Å². The van der Waals surface area contributed by atoms with Crippen LogP contribution in [0, 0.1) is 5.82 Å². The maximum Gasteiger partial charge on any atom is 0.123 e. The molecule has 1 fully saturated rings. The highest BCUT2D eigenvalue weighted by atomic mass is 19.1. The van der Waals surface area contributed by atoms with Gasteiger partial charge in [0, 0.05) is 45.9 Å². The highest BCUT2D eigenvalue weighted by Gasteiger charge is 2.24. The molecule has 0 bridgehead atoms. The number of hydrogen-bond acceptors (Lipinski definition) is 4. The van der Waals surface area contributed by atoms with Gasteiger partial charge in [-0.1, -0.05) is 12.1 Å². The quantitative estimate of drug-likeness (QED) is 0.863. The third kappa shape index (κ3) is 4.74. The fraction of sp³-hybridized carbons (Fsp3) is 0.625.